The van der Waals surface area contributed by atoms with Crippen molar-refractivity contribution in [1.29, 1.82) is 0 Å². The first kappa shape index (κ1) is 19.6. The van der Waals surface area contributed by atoms with E-state index in [1.165, 1.54) is 11.1 Å². The molecular weight excluding hydrogens is 334 g/mol. The molecule has 0 unspecified atom stereocenters. The Balaban J connectivity index is 1.47. The van der Waals surface area contributed by atoms with Crippen molar-refractivity contribution >= 4 is 5.91 Å². The van der Waals surface area contributed by atoms with Crippen molar-refractivity contribution in [1.82, 2.24) is 14.7 Å². The third-order valence-corrected chi connectivity index (χ3v) is 5.14. The van der Waals surface area contributed by atoms with Crippen LogP contribution in [0.1, 0.15) is 24.5 Å². The molecule has 144 valence electrons. The molecule has 2 aromatic carbocycles. The lowest BCUT2D eigenvalue weighted by Gasteiger charge is -2.35. The highest BCUT2D eigenvalue weighted by Gasteiger charge is 2.21. The summed E-state index contributed by atoms with van der Waals surface area (Å²) in [6.45, 7) is 9.17. The predicted octanol–water partition coefficient (Wildman–Crippen LogP) is 3.24. The quantitative estimate of drug-likeness (QED) is 0.718. The van der Waals surface area contributed by atoms with Gasteiger partial charge >= 0.3 is 0 Å². The second-order valence-corrected chi connectivity index (χ2v) is 7.34. The number of piperazine rings is 1. The van der Waals surface area contributed by atoms with Gasteiger partial charge in [0.05, 0.1) is 6.54 Å². The molecule has 0 N–H and O–H groups in total. The first-order chi connectivity index (χ1) is 13.2. The van der Waals surface area contributed by atoms with Gasteiger partial charge < -0.3 is 4.90 Å². The van der Waals surface area contributed by atoms with Crippen molar-refractivity contribution in [2.24, 2.45) is 0 Å². The lowest BCUT2D eigenvalue weighted by Crippen LogP contribution is -2.49. The van der Waals surface area contributed by atoms with Crippen LogP contribution >= 0.6 is 0 Å². The molecule has 0 saturated carbocycles. The molecule has 1 saturated heterocycles. The molecule has 1 heterocycles. The fourth-order valence-corrected chi connectivity index (χ4v) is 3.60. The van der Waals surface area contributed by atoms with Crippen LogP contribution < -0.4 is 0 Å². The van der Waals surface area contributed by atoms with Gasteiger partial charge in [-0.3, -0.25) is 14.6 Å². The van der Waals surface area contributed by atoms with Crippen LogP contribution in [0.4, 0.5) is 0 Å². The largest absolute Gasteiger partial charge is 0.337 e. The van der Waals surface area contributed by atoms with Crippen molar-refractivity contribution in [3.8, 4) is 0 Å². The molecule has 4 nitrogen and oxygen atoms in total. The van der Waals surface area contributed by atoms with E-state index in [-0.39, 0.29) is 5.91 Å². The maximum atomic E-state index is 12.8. The van der Waals surface area contributed by atoms with E-state index in [1.54, 1.807) is 0 Å². The molecule has 0 aromatic heterocycles. The number of amides is 1. The van der Waals surface area contributed by atoms with Crippen LogP contribution in [0.5, 0.6) is 0 Å². The van der Waals surface area contributed by atoms with Crippen LogP contribution in [0.15, 0.2) is 60.7 Å². The van der Waals surface area contributed by atoms with E-state index in [4.69, 9.17) is 0 Å². The number of rotatable bonds is 8. The van der Waals surface area contributed by atoms with Crippen molar-refractivity contribution < 1.29 is 4.79 Å². The van der Waals surface area contributed by atoms with Gasteiger partial charge in [0.25, 0.3) is 0 Å². The Morgan fingerprint density at radius 3 is 2.00 bits per heavy atom. The van der Waals surface area contributed by atoms with E-state index in [1.807, 2.05) is 23.1 Å². The molecule has 4 heteroatoms. The fraction of sp³-hybridized carbons (Fsp3) is 0.435. The summed E-state index contributed by atoms with van der Waals surface area (Å²) in [7, 11) is 0. The fourth-order valence-electron chi connectivity index (χ4n) is 3.60. The van der Waals surface area contributed by atoms with Crippen molar-refractivity contribution in [2.75, 3.05) is 39.3 Å². The minimum absolute atomic E-state index is 0.247. The third kappa shape index (κ3) is 6.19. The normalized spacial score (nSPS) is 15.6. The molecule has 3 rings (SSSR count). The van der Waals surface area contributed by atoms with Crippen LogP contribution in [0.3, 0.4) is 0 Å². The SMILES string of the molecule is CCCN(Cc1ccccc1)C(=O)CN1CCN(Cc2ccccc2)CC1. The molecule has 2 aromatic rings. The Labute approximate surface area is 163 Å². The van der Waals surface area contributed by atoms with E-state index in [2.05, 4.69) is 59.2 Å². The van der Waals surface area contributed by atoms with Gasteiger partial charge in [0.15, 0.2) is 0 Å². The standard InChI is InChI=1S/C23H31N3O/c1-2-13-26(19-22-11-7-4-8-12-22)23(27)20-25-16-14-24(15-17-25)18-21-9-5-3-6-10-21/h3-12H,2,13-20H2,1H3. The minimum atomic E-state index is 0.247. The smallest absolute Gasteiger partial charge is 0.237 e. The molecule has 1 aliphatic rings. The number of nitrogens with zero attached hydrogens (tertiary/aromatic N) is 3. The van der Waals surface area contributed by atoms with E-state index < -0.39 is 0 Å². The topological polar surface area (TPSA) is 26.8 Å². The van der Waals surface area contributed by atoms with Crippen LogP contribution in [-0.2, 0) is 17.9 Å². The zero-order chi connectivity index (χ0) is 18.9. The summed E-state index contributed by atoms with van der Waals surface area (Å²) in [5, 5.41) is 0. The van der Waals surface area contributed by atoms with Crippen LogP contribution in [0.2, 0.25) is 0 Å². The van der Waals surface area contributed by atoms with E-state index in [9.17, 15) is 4.79 Å². The summed E-state index contributed by atoms with van der Waals surface area (Å²) in [4.78, 5) is 19.6. The Morgan fingerprint density at radius 1 is 0.852 bits per heavy atom. The summed E-state index contributed by atoms with van der Waals surface area (Å²) in [6, 6.07) is 20.9. The van der Waals surface area contributed by atoms with E-state index in [0.717, 1.165) is 45.7 Å². The average molecular weight is 366 g/mol. The monoisotopic (exact) mass is 365 g/mol. The van der Waals surface area contributed by atoms with Gasteiger partial charge in [-0.05, 0) is 17.5 Å². The number of benzene rings is 2. The molecule has 27 heavy (non-hydrogen) atoms. The average Bonchev–Trinajstić information content (AvgIpc) is 2.71. The summed E-state index contributed by atoms with van der Waals surface area (Å²) < 4.78 is 0. The van der Waals surface area contributed by atoms with Crippen molar-refractivity contribution in [3.63, 3.8) is 0 Å². The van der Waals surface area contributed by atoms with Gasteiger partial charge in [0.2, 0.25) is 5.91 Å². The molecule has 0 spiro atoms. The molecule has 0 radical (unpaired) electrons. The summed E-state index contributed by atoms with van der Waals surface area (Å²) in [5.74, 6) is 0.247. The Hall–Kier alpha value is -2.17. The van der Waals surface area contributed by atoms with Gasteiger partial charge in [-0.25, -0.2) is 0 Å². The van der Waals surface area contributed by atoms with E-state index in [0.29, 0.717) is 13.1 Å². The third-order valence-electron chi connectivity index (χ3n) is 5.14. The van der Waals surface area contributed by atoms with Crippen LogP contribution in [0, 0.1) is 0 Å². The number of carbonyl (C=O) groups excluding carboxylic acids is 1. The van der Waals surface area contributed by atoms with Gasteiger partial charge in [-0.1, -0.05) is 67.6 Å². The van der Waals surface area contributed by atoms with Gasteiger partial charge in [0.1, 0.15) is 0 Å². The number of carbonyl (C=O) groups is 1. The molecule has 0 bridgehead atoms. The minimum Gasteiger partial charge on any atom is -0.337 e. The molecule has 0 aliphatic carbocycles. The van der Waals surface area contributed by atoms with Crippen molar-refractivity contribution in [3.05, 3.63) is 71.8 Å². The number of hydrogen-bond donors (Lipinski definition) is 0. The van der Waals surface area contributed by atoms with Gasteiger partial charge in [0, 0.05) is 45.8 Å². The molecule has 1 fully saturated rings. The van der Waals surface area contributed by atoms with Crippen LogP contribution in [-0.4, -0.2) is 59.9 Å². The number of hydrogen-bond acceptors (Lipinski definition) is 3. The maximum Gasteiger partial charge on any atom is 0.237 e. The second kappa shape index (κ2) is 10.2. The lowest BCUT2D eigenvalue weighted by atomic mass is 10.2. The predicted molar refractivity (Wildman–Crippen MR) is 110 cm³/mol. The molecule has 0 atom stereocenters. The molecular formula is C23H31N3O. The Kier molecular flexibility index (Phi) is 7.43. The van der Waals surface area contributed by atoms with Crippen LogP contribution in [0.25, 0.3) is 0 Å². The zero-order valence-electron chi connectivity index (χ0n) is 16.4. The summed E-state index contributed by atoms with van der Waals surface area (Å²) >= 11 is 0. The summed E-state index contributed by atoms with van der Waals surface area (Å²) in [5.41, 5.74) is 2.56. The second-order valence-electron chi connectivity index (χ2n) is 7.34. The van der Waals surface area contributed by atoms with Crippen molar-refractivity contribution in [2.45, 2.75) is 26.4 Å². The van der Waals surface area contributed by atoms with Gasteiger partial charge in [-0.15, -0.1) is 0 Å². The highest BCUT2D eigenvalue weighted by Crippen LogP contribution is 2.10. The van der Waals surface area contributed by atoms with E-state index >= 15 is 0 Å². The summed E-state index contributed by atoms with van der Waals surface area (Å²) in [6.07, 6.45) is 0.990. The molecule has 1 amide bonds. The maximum absolute atomic E-state index is 12.8. The highest BCUT2D eigenvalue weighted by molar-refractivity contribution is 5.78. The Morgan fingerprint density at radius 2 is 1.41 bits per heavy atom. The van der Waals surface area contributed by atoms with Gasteiger partial charge in [-0.2, -0.15) is 0 Å². The lowest BCUT2D eigenvalue weighted by molar-refractivity contribution is -0.133. The molecule has 1 aliphatic heterocycles. The highest BCUT2D eigenvalue weighted by atomic mass is 16.2. The first-order valence-electron chi connectivity index (χ1n) is 10.0. The zero-order valence-corrected chi connectivity index (χ0v) is 16.4. The Bertz CT molecular complexity index is 681. The first-order valence-corrected chi connectivity index (χ1v) is 10.0.